The van der Waals surface area contributed by atoms with Gasteiger partial charge in [-0.3, -0.25) is 19.0 Å². The zero-order valence-corrected chi connectivity index (χ0v) is 30.4. The highest BCUT2D eigenvalue weighted by molar-refractivity contribution is 6.41. The van der Waals surface area contributed by atoms with Crippen LogP contribution in [-0.4, -0.2) is 103 Å². The van der Waals surface area contributed by atoms with Crippen molar-refractivity contribution in [3.05, 3.63) is 63.5 Å². The van der Waals surface area contributed by atoms with Crippen molar-refractivity contribution < 1.29 is 23.8 Å². The number of hydrogen-bond acceptors (Lipinski definition) is 10. The van der Waals surface area contributed by atoms with Gasteiger partial charge in [-0.25, -0.2) is 4.98 Å². The van der Waals surface area contributed by atoms with Crippen LogP contribution in [0.2, 0.25) is 10.0 Å². The van der Waals surface area contributed by atoms with Gasteiger partial charge < -0.3 is 29.3 Å². The first kappa shape index (κ1) is 37.3. The Bertz CT molecular complexity index is 1790. The van der Waals surface area contributed by atoms with Crippen molar-refractivity contribution in [1.82, 2.24) is 24.3 Å². The first-order valence-electron chi connectivity index (χ1n) is 16.6. The first-order valence-corrected chi connectivity index (χ1v) is 17.4. The van der Waals surface area contributed by atoms with Gasteiger partial charge in [0, 0.05) is 68.5 Å². The highest BCUT2D eigenvalue weighted by atomic mass is 35.5. The highest BCUT2D eigenvalue weighted by Crippen LogP contribution is 2.45. The van der Waals surface area contributed by atoms with Crippen molar-refractivity contribution in [2.45, 2.75) is 38.3 Å². The molecule has 0 saturated carbocycles. The van der Waals surface area contributed by atoms with Crippen molar-refractivity contribution in [2.75, 3.05) is 66.5 Å². The Morgan fingerprint density at radius 2 is 1.82 bits per heavy atom. The van der Waals surface area contributed by atoms with Crippen LogP contribution in [0.15, 0.2) is 47.9 Å². The number of hydrogen-bond donors (Lipinski definition) is 1. The minimum absolute atomic E-state index is 0.0102. The number of rotatable bonds is 13. The molecule has 1 N–H and O–H groups in total. The SMILES string of the molecule is C=CC(=O)C[C@H]1CCOC[C@H]1Nc1ncc2cc(-c3c(Cl)c(OC)cc(OC)c3Cl)c(=O)n(CC3CCN(C(=O)/C=C/CN(C)C)CC3)c2n1. The molecule has 0 spiro atoms. The lowest BCUT2D eigenvalue weighted by Gasteiger charge is -2.32. The van der Waals surface area contributed by atoms with Gasteiger partial charge in [-0.2, -0.15) is 4.98 Å². The molecule has 2 atom stereocenters. The second kappa shape index (κ2) is 16.8. The number of methoxy groups -OCH3 is 2. The number of anilines is 1. The number of halogens is 2. The van der Waals surface area contributed by atoms with Crippen LogP contribution >= 0.6 is 23.2 Å². The van der Waals surface area contributed by atoms with E-state index in [0.29, 0.717) is 93.6 Å². The molecule has 0 radical (unpaired) electrons. The van der Waals surface area contributed by atoms with Gasteiger partial charge in [0.2, 0.25) is 11.9 Å². The second-order valence-corrected chi connectivity index (χ2v) is 13.7. The topological polar surface area (TPSA) is 128 Å². The second-order valence-electron chi connectivity index (χ2n) is 12.9. The monoisotopic (exact) mass is 726 g/mol. The normalized spacial score (nSPS) is 18.5. The molecule has 2 aromatic heterocycles. The number of nitrogens with one attached hydrogen (secondary N) is 1. The molecular weight excluding hydrogens is 683 g/mol. The Kier molecular flexibility index (Phi) is 12.5. The Hall–Kier alpha value is -3.97. The fraction of sp³-hybridized carbons (Fsp3) is 0.472. The smallest absolute Gasteiger partial charge is 0.260 e. The third kappa shape index (κ3) is 8.48. The number of carbonyl (C=O) groups excluding carboxylic acids is 2. The number of ether oxygens (including phenoxy) is 3. The Morgan fingerprint density at radius 3 is 2.46 bits per heavy atom. The summed E-state index contributed by atoms with van der Waals surface area (Å²) in [6.45, 7) is 6.73. The maximum absolute atomic E-state index is 14.6. The van der Waals surface area contributed by atoms with E-state index >= 15 is 0 Å². The molecule has 14 heteroatoms. The van der Waals surface area contributed by atoms with E-state index in [9.17, 15) is 14.4 Å². The average molecular weight is 728 g/mol. The van der Waals surface area contributed by atoms with Gasteiger partial charge in [0.15, 0.2) is 5.78 Å². The van der Waals surface area contributed by atoms with Crippen LogP contribution in [0.4, 0.5) is 5.95 Å². The molecule has 0 bridgehead atoms. The molecule has 12 nitrogen and oxygen atoms in total. The molecule has 268 valence electrons. The van der Waals surface area contributed by atoms with E-state index in [-0.39, 0.29) is 56.3 Å². The third-order valence-electron chi connectivity index (χ3n) is 9.27. The number of likely N-dealkylation sites (N-methyl/N-ethyl adjacent to an activating group) is 1. The zero-order chi connectivity index (χ0) is 35.9. The number of likely N-dealkylation sites (tertiary alicyclic amines) is 1. The van der Waals surface area contributed by atoms with E-state index in [1.54, 1.807) is 29.0 Å². The molecule has 1 amide bonds. The lowest BCUT2D eigenvalue weighted by Crippen LogP contribution is -2.40. The number of aromatic nitrogens is 3. The van der Waals surface area contributed by atoms with Crippen molar-refractivity contribution in [2.24, 2.45) is 11.8 Å². The van der Waals surface area contributed by atoms with Crippen LogP contribution in [0.3, 0.4) is 0 Å². The minimum Gasteiger partial charge on any atom is -0.495 e. The van der Waals surface area contributed by atoms with Crippen molar-refractivity contribution in [3.63, 3.8) is 0 Å². The van der Waals surface area contributed by atoms with Gasteiger partial charge >= 0.3 is 0 Å². The van der Waals surface area contributed by atoms with Crippen LogP contribution in [-0.2, 0) is 20.9 Å². The van der Waals surface area contributed by atoms with Crippen molar-refractivity contribution in [1.29, 1.82) is 0 Å². The number of benzene rings is 1. The highest BCUT2D eigenvalue weighted by Gasteiger charge is 2.29. The van der Waals surface area contributed by atoms with Gasteiger partial charge in [-0.1, -0.05) is 35.9 Å². The molecule has 2 aliphatic heterocycles. The average Bonchev–Trinajstić information content (AvgIpc) is 3.11. The third-order valence-corrected chi connectivity index (χ3v) is 10.0. The number of amides is 1. The number of piperidine rings is 1. The number of ketones is 1. The molecule has 5 rings (SSSR count). The molecule has 0 unspecified atom stereocenters. The molecule has 50 heavy (non-hydrogen) atoms. The molecular formula is C36H44Cl2N6O6. The number of fused-ring (bicyclic) bond motifs is 1. The maximum atomic E-state index is 14.6. The predicted octanol–water partition coefficient (Wildman–Crippen LogP) is 5.10. The van der Waals surface area contributed by atoms with E-state index in [2.05, 4.69) is 16.9 Å². The summed E-state index contributed by atoms with van der Waals surface area (Å²) < 4.78 is 18.3. The summed E-state index contributed by atoms with van der Waals surface area (Å²) in [5.41, 5.74) is 0.614. The largest absolute Gasteiger partial charge is 0.495 e. The van der Waals surface area contributed by atoms with Crippen LogP contribution in [0, 0.1) is 11.8 Å². The molecule has 2 saturated heterocycles. The van der Waals surface area contributed by atoms with E-state index in [1.165, 1.54) is 20.3 Å². The Balaban J connectivity index is 1.53. The van der Waals surface area contributed by atoms with Gasteiger partial charge in [0.25, 0.3) is 5.56 Å². The summed E-state index contributed by atoms with van der Waals surface area (Å²) in [7, 11) is 6.85. The first-order chi connectivity index (χ1) is 24.0. The van der Waals surface area contributed by atoms with Crippen molar-refractivity contribution >= 4 is 51.9 Å². The van der Waals surface area contributed by atoms with E-state index in [4.69, 9.17) is 42.4 Å². The maximum Gasteiger partial charge on any atom is 0.260 e. The summed E-state index contributed by atoms with van der Waals surface area (Å²) in [6, 6.07) is 3.05. The van der Waals surface area contributed by atoms with E-state index in [0.717, 1.165) is 0 Å². The van der Waals surface area contributed by atoms with Gasteiger partial charge in [-0.05, 0) is 57.3 Å². The lowest BCUT2D eigenvalue weighted by atomic mass is 9.90. The fourth-order valence-corrected chi connectivity index (χ4v) is 7.16. The van der Waals surface area contributed by atoms with Gasteiger partial charge in [0.05, 0.1) is 42.5 Å². The Labute approximate surface area is 302 Å². The van der Waals surface area contributed by atoms with Gasteiger partial charge in [-0.15, -0.1) is 0 Å². The molecule has 0 aliphatic carbocycles. The Morgan fingerprint density at radius 1 is 1.12 bits per heavy atom. The summed E-state index contributed by atoms with van der Waals surface area (Å²) in [4.78, 5) is 52.9. The van der Waals surface area contributed by atoms with Crippen LogP contribution < -0.4 is 20.3 Å². The predicted molar refractivity (Wildman–Crippen MR) is 196 cm³/mol. The van der Waals surface area contributed by atoms with E-state index in [1.807, 2.05) is 30.0 Å². The molecule has 3 aromatic rings. The standard InChI is InChI=1S/C36H44Cl2N6O6/c1-6-25(45)16-23-11-15-50-21-27(23)40-36-39-19-24-17-26(31-32(37)28(48-4)18-29(49-5)33(31)38)35(47)44(34(24)41-36)20-22-9-13-43(14-10-22)30(46)8-7-12-42(2)3/h6-8,17-19,22-23,27H,1,9-16,20-21H2,2-5H3,(H,39,40,41)/b8-7+/t23-,27-/m1/s1. The van der Waals surface area contributed by atoms with E-state index < -0.39 is 0 Å². The summed E-state index contributed by atoms with van der Waals surface area (Å²) >= 11 is 13.6. The van der Waals surface area contributed by atoms with Crippen LogP contribution in [0.1, 0.15) is 25.7 Å². The van der Waals surface area contributed by atoms with Crippen LogP contribution in [0.25, 0.3) is 22.2 Å². The number of allylic oxidation sites excluding steroid dienone is 1. The van der Waals surface area contributed by atoms with Crippen LogP contribution in [0.5, 0.6) is 11.5 Å². The molecule has 4 heterocycles. The molecule has 2 aliphatic rings. The molecule has 1 aromatic carbocycles. The fourth-order valence-electron chi connectivity index (χ4n) is 6.46. The minimum atomic E-state index is -0.346. The quantitative estimate of drug-likeness (QED) is 0.238. The van der Waals surface area contributed by atoms with Crippen molar-refractivity contribution in [3.8, 4) is 22.6 Å². The number of nitrogens with zero attached hydrogens (tertiary/aromatic N) is 5. The number of carbonyl (C=O) groups is 2. The lowest BCUT2D eigenvalue weighted by molar-refractivity contribution is -0.127. The number of pyridine rings is 1. The summed E-state index contributed by atoms with van der Waals surface area (Å²) in [6.07, 6.45) is 8.93. The zero-order valence-electron chi connectivity index (χ0n) is 28.9. The summed E-state index contributed by atoms with van der Waals surface area (Å²) in [5.74, 6) is 0.966. The molecule has 2 fully saturated rings. The van der Waals surface area contributed by atoms with Gasteiger partial charge in [0.1, 0.15) is 17.1 Å². The summed E-state index contributed by atoms with van der Waals surface area (Å²) in [5, 5.41) is 4.30.